The van der Waals surface area contributed by atoms with Crippen molar-refractivity contribution in [2.75, 3.05) is 11.9 Å². The van der Waals surface area contributed by atoms with Crippen LogP contribution in [0.5, 0.6) is 5.75 Å². The molecular weight excluding hydrogens is 603 g/mol. The minimum Gasteiger partial charge on any atom is -0.490 e. The van der Waals surface area contributed by atoms with E-state index in [1.807, 2.05) is 13.0 Å². The molecule has 0 bridgehead atoms. The predicted molar refractivity (Wildman–Crippen MR) is 173 cm³/mol. The van der Waals surface area contributed by atoms with E-state index in [9.17, 15) is 14.7 Å². The van der Waals surface area contributed by atoms with E-state index in [4.69, 9.17) is 9.47 Å². The Kier molecular flexibility index (Phi) is 8.22. The summed E-state index contributed by atoms with van der Waals surface area (Å²) in [7, 11) is 0. The van der Waals surface area contributed by atoms with Crippen LogP contribution in [0.1, 0.15) is 72.0 Å². The van der Waals surface area contributed by atoms with E-state index in [1.165, 1.54) is 16.6 Å². The lowest BCUT2D eigenvalue weighted by atomic mass is 9.91. The monoisotopic (exact) mass is 638 g/mol. The van der Waals surface area contributed by atoms with Crippen LogP contribution in [0.2, 0.25) is 0 Å². The SMILES string of the molecule is Cc1nccc(-c2cccc(NC(=O)c3cc4nc(C)c([C@H](OC(C)(C)C)C(=O)O)c(-c5cc(F)c6c(c5C)CCCO6)n4n3)c2)n1. The molecule has 11 nitrogen and oxygen atoms in total. The number of carboxylic acid groups (broad SMARTS) is 1. The van der Waals surface area contributed by atoms with Crippen LogP contribution in [0.25, 0.3) is 28.2 Å². The lowest BCUT2D eigenvalue weighted by molar-refractivity contribution is -0.160. The van der Waals surface area contributed by atoms with Gasteiger partial charge in [-0.1, -0.05) is 12.1 Å². The van der Waals surface area contributed by atoms with Crippen molar-refractivity contribution in [3.63, 3.8) is 0 Å². The summed E-state index contributed by atoms with van der Waals surface area (Å²) in [6.07, 6.45) is 1.51. The fourth-order valence-corrected chi connectivity index (χ4v) is 5.88. The zero-order chi connectivity index (χ0) is 33.6. The molecule has 0 fully saturated rings. The number of nitrogens with one attached hydrogen (secondary N) is 1. The number of carbonyl (C=O) groups excluding carboxylic acids is 1. The fourth-order valence-electron chi connectivity index (χ4n) is 5.88. The van der Waals surface area contributed by atoms with E-state index in [1.54, 1.807) is 65.1 Å². The molecule has 0 spiro atoms. The Hall–Kier alpha value is -5.23. The number of rotatable bonds is 7. The van der Waals surface area contributed by atoms with Crippen molar-refractivity contribution in [1.82, 2.24) is 24.6 Å². The molecule has 242 valence electrons. The quantitative estimate of drug-likeness (QED) is 0.206. The first kappa shape index (κ1) is 31.7. The smallest absolute Gasteiger partial charge is 0.337 e. The molecule has 2 N–H and O–H groups in total. The highest BCUT2D eigenvalue weighted by Crippen LogP contribution is 2.41. The van der Waals surface area contributed by atoms with Gasteiger partial charge in [0, 0.05) is 45.9 Å². The Morgan fingerprint density at radius 2 is 1.89 bits per heavy atom. The van der Waals surface area contributed by atoms with Gasteiger partial charge in [-0.3, -0.25) is 4.79 Å². The third-order valence-electron chi connectivity index (χ3n) is 7.90. The van der Waals surface area contributed by atoms with Crippen molar-refractivity contribution >= 4 is 23.2 Å². The van der Waals surface area contributed by atoms with Gasteiger partial charge in [0.2, 0.25) is 0 Å². The largest absolute Gasteiger partial charge is 0.490 e. The Morgan fingerprint density at radius 1 is 1.11 bits per heavy atom. The number of halogens is 1. The average molecular weight is 639 g/mol. The summed E-state index contributed by atoms with van der Waals surface area (Å²) in [5.74, 6) is -1.50. The third-order valence-corrected chi connectivity index (χ3v) is 7.90. The molecule has 1 aliphatic heterocycles. The number of benzene rings is 2. The number of hydrogen-bond donors (Lipinski definition) is 2. The third kappa shape index (κ3) is 6.28. The van der Waals surface area contributed by atoms with Gasteiger partial charge < -0.3 is 19.9 Å². The Morgan fingerprint density at radius 3 is 2.62 bits per heavy atom. The first-order valence-corrected chi connectivity index (χ1v) is 15.3. The highest BCUT2D eigenvalue weighted by Gasteiger charge is 2.35. The molecule has 0 saturated carbocycles. The first-order valence-electron chi connectivity index (χ1n) is 15.3. The topological polar surface area (TPSA) is 141 Å². The molecule has 1 atom stereocenters. The van der Waals surface area contributed by atoms with Crippen LogP contribution in [0.4, 0.5) is 10.1 Å². The summed E-state index contributed by atoms with van der Waals surface area (Å²) < 4.78 is 28.7. The second-order valence-electron chi connectivity index (χ2n) is 12.5. The molecule has 12 heteroatoms. The molecule has 6 rings (SSSR count). The second kappa shape index (κ2) is 12.2. The number of fused-ring (bicyclic) bond motifs is 2. The number of ether oxygens (including phenoxy) is 2. The summed E-state index contributed by atoms with van der Waals surface area (Å²) in [6, 6.07) is 11.9. The van der Waals surface area contributed by atoms with Crippen molar-refractivity contribution < 1.29 is 28.6 Å². The first-order chi connectivity index (χ1) is 22.3. The van der Waals surface area contributed by atoms with Gasteiger partial charge in [0.05, 0.1) is 23.6 Å². The molecule has 5 aromatic rings. The van der Waals surface area contributed by atoms with Gasteiger partial charge in [-0.05, 0) is 84.2 Å². The minimum atomic E-state index is -1.47. The Bertz CT molecular complexity index is 2050. The predicted octanol–water partition coefficient (Wildman–Crippen LogP) is 6.44. The van der Waals surface area contributed by atoms with E-state index >= 15 is 4.39 Å². The molecule has 1 aliphatic rings. The van der Waals surface area contributed by atoms with Crippen LogP contribution < -0.4 is 10.1 Å². The lowest BCUT2D eigenvalue weighted by Crippen LogP contribution is -2.29. The van der Waals surface area contributed by atoms with E-state index in [-0.39, 0.29) is 28.3 Å². The van der Waals surface area contributed by atoms with Crippen LogP contribution >= 0.6 is 0 Å². The number of hydrogen-bond acceptors (Lipinski definition) is 8. The van der Waals surface area contributed by atoms with E-state index in [0.29, 0.717) is 59.0 Å². The fraction of sp³-hybridized carbons (Fsp3) is 0.314. The van der Waals surface area contributed by atoms with Crippen LogP contribution in [0, 0.1) is 26.6 Å². The summed E-state index contributed by atoms with van der Waals surface area (Å²) in [6.45, 7) is 11.0. The van der Waals surface area contributed by atoms with E-state index in [2.05, 4.69) is 25.4 Å². The normalized spacial score (nSPS) is 13.6. The number of carboxylic acids is 1. The summed E-state index contributed by atoms with van der Waals surface area (Å²) in [5, 5.41) is 17.9. The van der Waals surface area contributed by atoms with Gasteiger partial charge >= 0.3 is 5.97 Å². The zero-order valence-corrected chi connectivity index (χ0v) is 27.0. The molecule has 0 unspecified atom stereocenters. The number of nitrogens with zero attached hydrogens (tertiary/aromatic N) is 5. The van der Waals surface area contributed by atoms with Gasteiger partial charge in [-0.15, -0.1) is 0 Å². The molecule has 4 heterocycles. The number of aryl methyl sites for hydroxylation is 2. The van der Waals surface area contributed by atoms with Crippen molar-refractivity contribution in [3.8, 4) is 28.3 Å². The van der Waals surface area contributed by atoms with Gasteiger partial charge in [0.1, 0.15) is 5.82 Å². The van der Waals surface area contributed by atoms with Crippen molar-refractivity contribution in [1.29, 1.82) is 0 Å². The van der Waals surface area contributed by atoms with E-state index in [0.717, 1.165) is 5.56 Å². The molecule has 0 saturated heterocycles. The summed E-state index contributed by atoms with van der Waals surface area (Å²) in [5.41, 5.74) is 4.13. The Balaban J connectivity index is 1.50. The highest BCUT2D eigenvalue weighted by molar-refractivity contribution is 6.04. The van der Waals surface area contributed by atoms with Crippen LogP contribution in [-0.2, 0) is 16.0 Å². The maximum atomic E-state index is 15.6. The molecule has 0 radical (unpaired) electrons. The number of aliphatic carboxylic acids is 1. The van der Waals surface area contributed by atoms with Gasteiger partial charge in [-0.2, -0.15) is 5.10 Å². The van der Waals surface area contributed by atoms with Gasteiger partial charge in [0.15, 0.2) is 29.0 Å². The van der Waals surface area contributed by atoms with Crippen molar-refractivity contribution in [2.24, 2.45) is 0 Å². The zero-order valence-electron chi connectivity index (χ0n) is 27.0. The molecular formula is C35H35FN6O5. The van der Waals surface area contributed by atoms with Crippen LogP contribution in [0.15, 0.2) is 48.7 Å². The minimum absolute atomic E-state index is 0.0293. The number of aromatic nitrogens is 5. The van der Waals surface area contributed by atoms with Crippen LogP contribution in [-0.4, -0.2) is 53.8 Å². The van der Waals surface area contributed by atoms with E-state index < -0.39 is 29.4 Å². The molecule has 0 aliphatic carbocycles. The highest BCUT2D eigenvalue weighted by atomic mass is 19.1. The van der Waals surface area contributed by atoms with Gasteiger partial charge in [0.25, 0.3) is 5.91 Å². The average Bonchev–Trinajstić information content (AvgIpc) is 3.45. The Labute approximate surface area is 270 Å². The molecule has 3 aromatic heterocycles. The molecule has 2 aromatic carbocycles. The van der Waals surface area contributed by atoms with Gasteiger partial charge in [-0.25, -0.2) is 28.7 Å². The van der Waals surface area contributed by atoms with Crippen molar-refractivity contribution in [3.05, 3.63) is 88.4 Å². The van der Waals surface area contributed by atoms with Crippen LogP contribution in [0.3, 0.4) is 0 Å². The summed E-state index contributed by atoms with van der Waals surface area (Å²) in [4.78, 5) is 39.6. The lowest BCUT2D eigenvalue weighted by Gasteiger charge is -2.28. The number of anilines is 1. The molecule has 1 amide bonds. The second-order valence-corrected chi connectivity index (χ2v) is 12.5. The number of carbonyl (C=O) groups is 2. The standard InChI is InChI=1S/C35H35FN6O5/c1-18-23-11-8-14-46-31(23)25(36)16-24(18)30-29(32(34(44)45)47-35(4,5)6)19(2)38-28-17-27(41-42(28)30)33(43)40-22-10-7-9-21(15-22)26-12-13-37-20(3)39-26/h7,9-10,12-13,15-17,32H,8,11,14H2,1-6H3,(H,40,43)(H,44,45)/t32-/m0/s1. The van der Waals surface area contributed by atoms with Crippen molar-refractivity contribution in [2.45, 2.75) is 66.1 Å². The maximum Gasteiger partial charge on any atom is 0.337 e. The summed E-state index contributed by atoms with van der Waals surface area (Å²) >= 11 is 0. The maximum absolute atomic E-state index is 15.6. The molecule has 47 heavy (non-hydrogen) atoms. The number of amides is 1.